The number of benzene rings is 1. The van der Waals surface area contributed by atoms with Crippen LogP contribution in [0.1, 0.15) is 109 Å². The van der Waals surface area contributed by atoms with Crippen molar-refractivity contribution < 1.29 is 14.6 Å². The fourth-order valence-electron chi connectivity index (χ4n) is 3.83. The van der Waals surface area contributed by atoms with Gasteiger partial charge in [0, 0.05) is 12.8 Å². The van der Waals surface area contributed by atoms with E-state index < -0.39 is 0 Å². The first kappa shape index (κ1) is 26.7. The maximum Gasteiger partial charge on any atom is 0.137 e. The van der Waals surface area contributed by atoms with Crippen LogP contribution in [-0.4, -0.2) is 24.1 Å². The third-order valence-electron chi connectivity index (χ3n) is 5.67. The molecule has 0 spiro atoms. The highest BCUT2D eigenvalue weighted by molar-refractivity contribution is 5.80. The Bertz CT molecular complexity index is 521. The molecule has 1 N–H and O–H groups in total. The van der Waals surface area contributed by atoms with Crippen molar-refractivity contribution in [2.24, 2.45) is 5.92 Å². The number of ether oxygens (including phenoxy) is 1. The van der Waals surface area contributed by atoms with Crippen molar-refractivity contribution in [3.63, 3.8) is 0 Å². The van der Waals surface area contributed by atoms with Crippen molar-refractivity contribution in [2.75, 3.05) is 13.2 Å². The molecule has 0 bridgehead atoms. The number of ketones is 1. The summed E-state index contributed by atoms with van der Waals surface area (Å²) in [6.45, 7) is 4.95. The van der Waals surface area contributed by atoms with Gasteiger partial charge < -0.3 is 9.84 Å². The fraction of sp³-hybridized carbons (Fsp3) is 0.741. The van der Waals surface area contributed by atoms with Gasteiger partial charge >= 0.3 is 0 Å². The van der Waals surface area contributed by atoms with Crippen molar-refractivity contribution in [3.05, 3.63) is 29.8 Å². The summed E-state index contributed by atoms with van der Waals surface area (Å²) in [6.07, 6.45) is 18.6. The van der Waals surface area contributed by atoms with E-state index >= 15 is 0 Å². The molecule has 0 fully saturated rings. The molecule has 1 aromatic rings. The number of carbonyl (C=O) groups excluding carboxylic acids is 1. The molecule has 0 unspecified atom stereocenters. The molecular weight excluding hydrogens is 372 g/mol. The van der Waals surface area contributed by atoms with Crippen LogP contribution in [0.4, 0.5) is 0 Å². The van der Waals surface area contributed by atoms with E-state index in [1.54, 1.807) is 0 Å². The Kier molecular flexibility index (Phi) is 16.4. The van der Waals surface area contributed by atoms with Crippen LogP contribution < -0.4 is 4.74 Å². The molecule has 0 atom stereocenters. The Balaban J connectivity index is 1.89. The smallest absolute Gasteiger partial charge is 0.137 e. The minimum atomic E-state index is 0.0128. The summed E-state index contributed by atoms with van der Waals surface area (Å²) in [6, 6.07) is 7.61. The third kappa shape index (κ3) is 15.5. The van der Waals surface area contributed by atoms with E-state index in [1.165, 1.54) is 77.0 Å². The van der Waals surface area contributed by atoms with Gasteiger partial charge in [-0.15, -0.1) is 0 Å². The molecule has 172 valence electrons. The van der Waals surface area contributed by atoms with Gasteiger partial charge in [0.25, 0.3) is 0 Å². The fourth-order valence-corrected chi connectivity index (χ4v) is 3.83. The van der Waals surface area contributed by atoms with Gasteiger partial charge in [-0.25, -0.2) is 0 Å². The molecule has 3 nitrogen and oxygen atoms in total. The predicted octanol–water partition coefficient (Wildman–Crippen LogP) is 7.29. The van der Waals surface area contributed by atoms with Crippen molar-refractivity contribution in [1.29, 1.82) is 0 Å². The molecule has 1 rings (SSSR count). The summed E-state index contributed by atoms with van der Waals surface area (Å²) in [5.74, 6) is 1.92. The monoisotopic (exact) mass is 418 g/mol. The number of hydrogen-bond donors (Lipinski definition) is 1. The topological polar surface area (TPSA) is 46.5 Å². The van der Waals surface area contributed by atoms with E-state index in [0.29, 0.717) is 25.2 Å². The zero-order valence-electron chi connectivity index (χ0n) is 19.7. The van der Waals surface area contributed by atoms with Crippen LogP contribution in [0.5, 0.6) is 5.75 Å². The van der Waals surface area contributed by atoms with Gasteiger partial charge in [-0.2, -0.15) is 0 Å². The molecule has 0 saturated carbocycles. The lowest BCUT2D eigenvalue weighted by molar-refractivity contribution is -0.118. The molecule has 30 heavy (non-hydrogen) atoms. The Morgan fingerprint density at radius 2 is 1.30 bits per heavy atom. The molecule has 0 radical (unpaired) electrons. The Morgan fingerprint density at radius 1 is 0.800 bits per heavy atom. The van der Waals surface area contributed by atoms with E-state index in [0.717, 1.165) is 23.7 Å². The summed E-state index contributed by atoms with van der Waals surface area (Å²) in [4.78, 5) is 12.1. The van der Waals surface area contributed by atoms with Crippen LogP contribution in [0, 0.1) is 5.92 Å². The van der Waals surface area contributed by atoms with Gasteiger partial charge in [-0.3, -0.25) is 4.79 Å². The van der Waals surface area contributed by atoms with Gasteiger partial charge in [0.15, 0.2) is 0 Å². The summed E-state index contributed by atoms with van der Waals surface area (Å²) < 4.78 is 5.34. The first-order valence-corrected chi connectivity index (χ1v) is 12.5. The minimum absolute atomic E-state index is 0.0128. The van der Waals surface area contributed by atoms with Gasteiger partial charge in [-0.05, 0) is 30.0 Å². The quantitative estimate of drug-likeness (QED) is 0.226. The molecular formula is C27H46O3. The minimum Gasteiger partial charge on any atom is -0.491 e. The van der Waals surface area contributed by atoms with Gasteiger partial charge in [0.2, 0.25) is 0 Å². The first-order chi connectivity index (χ1) is 14.6. The molecule has 0 aromatic heterocycles. The highest BCUT2D eigenvalue weighted by Gasteiger charge is 2.04. The maximum atomic E-state index is 12.1. The molecule has 0 aliphatic rings. The van der Waals surface area contributed by atoms with Crippen molar-refractivity contribution in [3.8, 4) is 5.75 Å². The number of rotatable bonds is 20. The SMILES string of the molecule is CC(C)CCCCCCCCCCCCCCC(=O)Cc1ccc(OCCO)cc1. The van der Waals surface area contributed by atoms with Crippen molar-refractivity contribution in [1.82, 2.24) is 0 Å². The molecule has 0 heterocycles. The van der Waals surface area contributed by atoms with Crippen LogP contribution in [0.25, 0.3) is 0 Å². The van der Waals surface area contributed by atoms with Crippen LogP contribution in [0.3, 0.4) is 0 Å². The Hall–Kier alpha value is -1.35. The highest BCUT2D eigenvalue weighted by atomic mass is 16.5. The van der Waals surface area contributed by atoms with Crippen molar-refractivity contribution >= 4 is 5.78 Å². The largest absolute Gasteiger partial charge is 0.491 e. The number of unbranched alkanes of at least 4 members (excludes halogenated alkanes) is 11. The van der Waals surface area contributed by atoms with Crippen LogP contribution in [-0.2, 0) is 11.2 Å². The standard InChI is InChI=1S/C27H46O3/c1-24(2)15-13-11-9-7-5-3-4-6-8-10-12-14-16-26(29)23-25-17-19-27(20-18-25)30-22-21-28/h17-20,24,28H,3-16,21-23H2,1-2H3. The summed E-state index contributed by atoms with van der Waals surface area (Å²) in [5, 5.41) is 8.76. The van der Waals surface area contributed by atoms with E-state index in [9.17, 15) is 4.79 Å². The summed E-state index contributed by atoms with van der Waals surface area (Å²) in [7, 11) is 0. The Labute approximate surface area is 185 Å². The summed E-state index contributed by atoms with van der Waals surface area (Å²) >= 11 is 0. The second kappa shape index (κ2) is 18.4. The normalized spacial score (nSPS) is 11.2. The zero-order chi connectivity index (χ0) is 21.9. The molecule has 0 aliphatic heterocycles. The number of Topliss-reactive ketones (excluding diaryl/α,β-unsaturated/α-hetero) is 1. The first-order valence-electron chi connectivity index (χ1n) is 12.5. The second-order valence-corrected chi connectivity index (χ2v) is 9.11. The van der Waals surface area contributed by atoms with E-state index in [2.05, 4.69) is 13.8 Å². The number of hydrogen-bond acceptors (Lipinski definition) is 3. The van der Waals surface area contributed by atoms with Gasteiger partial charge in [-0.1, -0.05) is 103 Å². The maximum absolute atomic E-state index is 12.1. The van der Waals surface area contributed by atoms with Gasteiger partial charge in [0.1, 0.15) is 18.1 Å². The summed E-state index contributed by atoms with van der Waals surface area (Å²) in [5.41, 5.74) is 1.04. The van der Waals surface area contributed by atoms with E-state index in [1.807, 2.05) is 24.3 Å². The number of carbonyl (C=O) groups is 1. The lowest BCUT2D eigenvalue weighted by atomic mass is 10.0. The molecule has 1 aromatic carbocycles. The average molecular weight is 419 g/mol. The molecule has 3 heteroatoms. The van der Waals surface area contributed by atoms with Crippen LogP contribution in [0.15, 0.2) is 24.3 Å². The lowest BCUT2D eigenvalue weighted by Crippen LogP contribution is -2.04. The van der Waals surface area contributed by atoms with Gasteiger partial charge in [0.05, 0.1) is 6.61 Å². The molecule has 0 amide bonds. The molecule has 0 aliphatic carbocycles. The third-order valence-corrected chi connectivity index (χ3v) is 5.67. The van der Waals surface area contributed by atoms with Crippen LogP contribution >= 0.6 is 0 Å². The second-order valence-electron chi connectivity index (χ2n) is 9.11. The van der Waals surface area contributed by atoms with Crippen LogP contribution in [0.2, 0.25) is 0 Å². The predicted molar refractivity (Wildman–Crippen MR) is 127 cm³/mol. The molecule has 0 saturated heterocycles. The average Bonchev–Trinajstić information content (AvgIpc) is 2.73. The number of aliphatic hydroxyl groups is 1. The van der Waals surface area contributed by atoms with E-state index in [4.69, 9.17) is 9.84 Å². The number of aliphatic hydroxyl groups excluding tert-OH is 1. The van der Waals surface area contributed by atoms with Crippen molar-refractivity contribution in [2.45, 2.75) is 110 Å². The van der Waals surface area contributed by atoms with E-state index in [-0.39, 0.29) is 6.61 Å². The highest BCUT2D eigenvalue weighted by Crippen LogP contribution is 2.16. The lowest BCUT2D eigenvalue weighted by Gasteiger charge is -2.06. The zero-order valence-corrected chi connectivity index (χ0v) is 19.7. The Morgan fingerprint density at radius 3 is 1.80 bits per heavy atom.